The second kappa shape index (κ2) is 8.63. The molecule has 1 fully saturated rings. The van der Waals surface area contributed by atoms with Crippen LogP contribution in [-0.2, 0) is 11.8 Å². The number of ether oxygens (including phenoxy) is 1. The van der Waals surface area contributed by atoms with Crippen molar-refractivity contribution in [1.82, 2.24) is 5.32 Å². The van der Waals surface area contributed by atoms with E-state index in [-0.39, 0.29) is 11.2 Å². The molecule has 1 aliphatic rings. The average molecular weight is 426 g/mol. The fourth-order valence-corrected chi connectivity index (χ4v) is 4.43. The summed E-state index contributed by atoms with van der Waals surface area (Å²) in [6.07, 6.45) is 2.82. The Balaban J connectivity index is 1.58. The highest BCUT2D eigenvalue weighted by Gasteiger charge is 2.35. The summed E-state index contributed by atoms with van der Waals surface area (Å²) < 4.78 is 45.8. The summed E-state index contributed by atoms with van der Waals surface area (Å²) in [5.74, 6) is -3.35. The minimum atomic E-state index is -1.25. The molecule has 1 heterocycles. The van der Waals surface area contributed by atoms with Crippen LogP contribution in [0, 0.1) is 24.4 Å². The SMILES string of the molecule is Cc1ccc(N)cc1C1(Cc2ccc(Oc3cc(F)c(F)cc3F)cc2)CCNCC1. The van der Waals surface area contributed by atoms with Crippen LogP contribution in [0.3, 0.4) is 0 Å². The zero-order chi connectivity index (χ0) is 22.0. The fraction of sp³-hybridized carbons (Fsp3) is 0.280. The van der Waals surface area contributed by atoms with Crippen LogP contribution < -0.4 is 15.8 Å². The van der Waals surface area contributed by atoms with Crippen molar-refractivity contribution in [3.63, 3.8) is 0 Å². The molecule has 0 unspecified atom stereocenters. The summed E-state index contributed by atoms with van der Waals surface area (Å²) in [4.78, 5) is 0. The standard InChI is InChI=1S/C25H25F3N2O/c1-16-2-5-18(29)12-20(16)25(8-10-30-11-9-25)15-17-3-6-19(7-4-17)31-24-14-22(27)21(26)13-23(24)28/h2-7,12-14,30H,8-11,15,29H2,1H3. The van der Waals surface area contributed by atoms with Crippen molar-refractivity contribution < 1.29 is 17.9 Å². The molecule has 0 bridgehead atoms. The number of nitrogens with one attached hydrogen (secondary N) is 1. The molecule has 1 aliphatic heterocycles. The number of rotatable bonds is 5. The third-order valence-corrected chi connectivity index (χ3v) is 6.06. The molecule has 0 atom stereocenters. The lowest BCUT2D eigenvalue weighted by molar-refractivity contribution is 0.304. The maximum Gasteiger partial charge on any atom is 0.168 e. The second-order valence-electron chi connectivity index (χ2n) is 8.22. The first kappa shape index (κ1) is 21.2. The number of hydrogen-bond acceptors (Lipinski definition) is 3. The number of halogens is 3. The zero-order valence-corrected chi connectivity index (χ0v) is 17.4. The molecule has 0 amide bonds. The van der Waals surface area contributed by atoms with Gasteiger partial charge in [-0.15, -0.1) is 0 Å². The third kappa shape index (κ3) is 4.54. The molecule has 3 aromatic carbocycles. The topological polar surface area (TPSA) is 47.3 Å². The van der Waals surface area contributed by atoms with E-state index in [0.29, 0.717) is 17.9 Å². The van der Waals surface area contributed by atoms with Gasteiger partial charge in [0.2, 0.25) is 0 Å². The number of piperidine rings is 1. The van der Waals surface area contributed by atoms with Gasteiger partial charge in [0.25, 0.3) is 0 Å². The molecule has 4 rings (SSSR count). The van der Waals surface area contributed by atoms with Crippen LogP contribution >= 0.6 is 0 Å². The Morgan fingerprint density at radius 1 is 0.903 bits per heavy atom. The van der Waals surface area contributed by atoms with Crippen molar-refractivity contribution in [1.29, 1.82) is 0 Å². The third-order valence-electron chi connectivity index (χ3n) is 6.06. The lowest BCUT2D eigenvalue weighted by Crippen LogP contribution is -2.42. The summed E-state index contributed by atoms with van der Waals surface area (Å²) in [6.45, 7) is 3.99. The molecule has 162 valence electrons. The smallest absolute Gasteiger partial charge is 0.168 e. The monoisotopic (exact) mass is 426 g/mol. The molecule has 0 spiro atoms. The van der Waals surface area contributed by atoms with Crippen LogP contribution in [0.15, 0.2) is 54.6 Å². The fourth-order valence-electron chi connectivity index (χ4n) is 4.43. The van der Waals surface area contributed by atoms with Crippen molar-refractivity contribution in [2.24, 2.45) is 0 Å². The van der Waals surface area contributed by atoms with Gasteiger partial charge in [0.05, 0.1) is 0 Å². The van der Waals surface area contributed by atoms with E-state index in [4.69, 9.17) is 10.5 Å². The van der Waals surface area contributed by atoms with Crippen molar-refractivity contribution in [2.45, 2.75) is 31.6 Å². The van der Waals surface area contributed by atoms with Gasteiger partial charge in [-0.1, -0.05) is 18.2 Å². The van der Waals surface area contributed by atoms with E-state index in [1.54, 1.807) is 12.1 Å². The first-order chi connectivity index (χ1) is 14.9. The largest absolute Gasteiger partial charge is 0.454 e. The molecule has 0 aromatic heterocycles. The Hall–Kier alpha value is -2.99. The number of benzene rings is 3. The van der Waals surface area contributed by atoms with Gasteiger partial charge < -0.3 is 15.8 Å². The number of aryl methyl sites for hydroxylation is 1. The van der Waals surface area contributed by atoms with Gasteiger partial charge in [-0.25, -0.2) is 13.2 Å². The maximum atomic E-state index is 13.9. The molecular weight excluding hydrogens is 401 g/mol. The average Bonchev–Trinajstić information content (AvgIpc) is 2.76. The molecule has 0 saturated carbocycles. The van der Waals surface area contributed by atoms with Crippen LogP contribution in [0.5, 0.6) is 11.5 Å². The number of nitrogens with two attached hydrogens (primary N) is 1. The molecule has 3 N–H and O–H groups in total. The molecule has 0 radical (unpaired) electrons. The lowest BCUT2D eigenvalue weighted by Gasteiger charge is -2.39. The molecule has 0 aliphatic carbocycles. The van der Waals surface area contributed by atoms with E-state index in [0.717, 1.165) is 43.6 Å². The molecule has 6 heteroatoms. The van der Waals surface area contributed by atoms with Crippen LogP contribution in [0.4, 0.5) is 18.9 Å². The van der Waals surface area contributed by atoms with Gasteiger partial charge in [-0.3, -0.25) is 0 Å². The maximum absolute atomic E-state index is 13.9. The summed E-state index contributed by atoms with van der Waals surface area (Å²) in [5, 5.41) is 3.44. The van der Waals surface area contributed by atoms with Crippen LogP contribution in [0.1, 0.15) is 29.5 Å². The van der Waals surface area contributed by atoms with Crippen molar-refractivity contribution in [3.05, 3.63) is 88.7 Å². The molecular formula is C25H25F3N2O. The van der Waals surface area contributed by atoms with Gasteiger partial charge in [-0.05, 0) is 80.2 Å². The predicted octanol–water partition coefficient (Wildman–Crippen LogP) is 5.65. The molecule has 3 nitrogen and oxygen atoms in total. The van der Waals surface area contributed by atoms with E-state index in [2.05, 4.69) is 24.4 Å². The van der Waals surface area contributed by atoms with Crippen molar-refractivity contribution in [2.75, 3.05) is 18.8 Å². The summed E-state index contributed by atoms with van der Waals surface area (Å²) >= 11 is 0. The van der Waals surface area contributed by atoms with E-state index in [9.17, 15) is 13.2 Å². The van der Waals surface area contributed by atoms with E-state index in [1.165, 1.54) is 11.1 Å². The summed E-state index contributed by atoms with van der Waals surface area (Å²) in [6, 6.07) is 14.6. The highest BCUT2D eigenvalue weighted by Crippen LogP contribution is 2.40. The minimum Gasteiger partial charge on any atom is -0.454 e. The van der Waals surface area contributed by atoms with E-state index in [1.807, 2.05) is 18.2 Å². The Labute approximate surface area is 180 Å². The van der Waals surface area contributed by atoms with E-state index < -0.39 is 17.5 Å². The van der Waals surface area contributed by atoms with E-state index >= 15 is 0 Å². The van der Waals surface area contributed by atoms with Gasteiger partial charge in [0, 0.05) is 23.2 Å². The molecule has 1 saturated heterocycles. The highest BCUT2D eigenvalue weighted by atomic mass is 19.2. The summed E-state index contributed by atoms with van der Waals surface area (Å²) in [7, 11) is 0. The van der Waals surface area contributed by atoms with Gasteiger partial charge in [0.15, 0.2) is 23.2 Å². The first-order valence-corrected chi connectivity index (χ1v) is 10.3. The Morgan fingerprint density at radius 3 is 2.29 bits per heavy atom. The normalized spacial score (nSPS) is 15.6. The Kier molecular flexibility index (Phi) is 5.92. The lowest BCUT2D eigenvalue weighted by atomic mass is 9.68. The van der Waals surface area contributed by atoms with Crippen molar-refractivity contribution >= 4 is 5.69 Å². The van der Waals surface area contributed by atoms with Crippen molar-refractivity contribution in [3.8, 4) is 11.5 Å². The first-order valence-electron chi connectivity index (χ1n) is 10.3. The quantitative estimate of drug-likeness (QED) is 0.409. The summed E-state index contributed by atoms with van der Waals surface area (Å²) in [5.41, 5.74) is 10.4. The minimum absolute atomic E-state index is 0.0285. The Bertz CT molecular complexity index is 1080. The van der Waals surface area contributed by atoms with Crippen LogP contribution in [0.2, 0.25) is 0 Å². The van der Waals surface area contributed by atoms with Crippen LogP contribution in [0.25, 0.3) is 0 Å². The van der Waals surface area contributed by atoms with Gasteiger partial charge >= 0.3 is 0 Å². The second-order valence-corrected chi connectivity index (χ2v) is 8.22. The number of nitrogen functional groups attached to an aromatic ring is 1. The predicted molar refractivity (Wildman–Crippen MR) is 116 cm³/mol. The number of anilines is 1. The molecule has 31 heavy (non-hydrogen) atoms. The molecule has 3 aromatic rings. The number of hydrogen-bond donors (Lipinski definition) is 2. The zero-order valence-electron chi connectivity index (χ0n) is 17.4. The highest BCUT2D eigenvalue weighted by molar-refractivity contribution is 5.48. The van der Waals surface area contributed by atoms with Gasteiger partial charge in [0.1, 0.15) is 5.75 Å². The Morgan fingerprint density at radius 2 is 1.58 bits per heavy atom. The van der Waals surface area contributed by atoms with Crippen LogP contribution in [-0.4, -0.2) is 13.1 Å². The van der Waals surface area contributed by atoms with Gasteiger partial charge in [-0.2, -0.15) is 0 Å².